The van der Waals surface area contributed by atoms with Gasteiger partial charge in [-0.3, -0.25) is 0 Å². The van der Waals surface area contributed by atoms with Gasteiger partial charge in [-0.05, 0) is 55.5 Å². The summed E-state index contributed by atoms with van der Waals surface area (Å²) < 4.78 is 0. The van der Waals surface area contributed by atoms with Gasteiger partial charge < -0.3 is 10.6 Å². The van der Waals surface area contributed by atoms with Crippen molar-refractivity contribution in [1.82, 2.24) is 4.98 Å². The molecule has 2 N–H and O–H groups in total. The Labute approximate surface area is 120 Å². The van der Waals surface area contributed by atoms with E-state index in [1.807, 2.05) is 0 Å². The standard InChI is InChI=1S/C17H23N3/c1-2-6-13-11-14-12-15(20-9-4-3-5-10-20)7-8-16(14)19-17(13)18/h7-8,11-12H,2-6,9-10H2,1H3,(H2,18,19). The molecule has 2 heterocycles. The average Bonchev–Trinajstić information content (AvgIpc) is 2.49. The fraction of sp³-hybridized carbons (Fsp3) is 0.471. The number of hydrogen-bond donors (Lipinski definition) is 1. The summed E-state index contributed by atoms with van der Waals surface area (Å²) in [6, 6.07) is 8.77. The number of piperidine rings is 1. The van der Waals surface area contributed by atoms with E-state index in [9.17, 15) is 0 Å². The molecule has 0 radical (unpaired) electrons. The number of fused-ring (bicyclic) bond motifs is 1. The van der Waals surface area contributed by atoms with Crippen molar-refractivity contribution in [2.45, 2.75) is 39.0 Å². The fourth-order valence-corrected chi connectivity index (χ4v) is 3.04. The van der Waals surface area contributed by atoms with Crippen molar-refractivity contribution in [1.29, 1.82) is 0 Å². The predicted octanol–water partition coefficient (Wildman–Crippen LogP) is 3.76. The van der Waals surface area contributed by atoms with Gasteiger partial charge in [0.05, 0.1) is 5.52 Å². The second-order valence-electron chi connectivity index (χ2n) is 5.71. The maximum Gasteiger partial charge on any atom is 0.127 e. The van der Waals surface area contributed by atoms with Crippen LogP contribution in [0.1, 0.15) is 38.2 Å². The SMILES string of the molecule is CCCc1cc2cc(N3CCCCC3)ccc2nc1N. The zero-order chi connectivity index (χ0) is 13.9. The normalized spacial score (nSPS) is 15.8. The van der Waals surface area contributed by atoms with Gasteiger partial charge in [-0.25, -0.2) is 4.98 Å². The molecule has 1 aliphatic heterocycles. The molecule has 0 amide bonds. The molecule has 1 saturated heterocycles. The molecule has 0 bridgehead atoms. The van der Waals surface area contributed by atoms with Crippen molar-refractivity contribution >= 4 is 22.4 Å². The molecular formula is C17H23N3. The van der Waals surface area contributed by atoms with E-state index in [-0.39, 0.29) is 0 Å². The maximum absolute atomic E-state index is 6.03. The van der Waals surface area contributed by atoms with Crippen LogP contribution in [-0.4, -0.2) is 18.1 Å². The first-order valence-electron chi connectivity index (χ1n) is 7.72. The molecule has 0 aliphatic carbocycles. The minimum atomic E-state index is 0.685. The highest BCUT2D eigenvalue weighted by Crippen LogP contribution is 2.26. The molecule has 3 nitrogen and oxygen atoms in total. The molecule has 3 rings (SSSR count). The Hall–Kier alpha value is -1.77. The van der Waals surface area contributed by atoms with Gasteiger partial charge in [-0.1, -0.05) is 13.3 Å². The van der Waals surface area contributed by atoms with E-state index in [0.717, 1.165) is 18.4 Å². The fourth-order valence-electron chi connectivity index (χ4n) is 3.04. The van der Waals surface area contributed by atoms with E-state index in [4.69, 9.17) is 5.73 Å². The molecule has 2 aromatic rings. The molecule has 0 atom stereocenters. The number of nitrogens with zero attached hydrogens (tertiary/aromatic N) is 2. The summed E-state index contributed by atoms with van der Waals surface area (Å²) in [4.78, 5) is 7.02. The van der Waals surface area contributed by atoms with Gasteiger partial charge in [0.2, 0.25) is 0 Å². The molecule has 3 heteroatoms. The summed E-state index contributed by atoms with van der Waals surface area (Å²) in [7, 11) is 0. The van der Waals surface area contributed by atoms with E-state index in [1.165, 1.54) is 49.0 Å². The van der Waals surface area contributed by atoms with Crippen LogP contribution in [-0.2, 0) is 6.42 Å². The van der Waals surface area contributed by atoms with Gasteiger partial charge in [0, 0.05) is 24.2 Å². The Balaban J connectivity index is 1.98. The number of nitrogen functional groups attached to an aromatic ring is 1. The number of pyridine rings is 1. The lowest BCUT2D eigenvalue weighted by Crippen LogP contribution is -2.29. The summed E-state index contributed by atoms with van der Waals surface area (Å²) in [5, 5.41) is 1.21. The first-order valence-corrected chi connectivity index (χ1v) is 7.72. The van der Waals surface area contributed by atoms with E-state index in [1.54, 1.807) is 0 Å². The minimum absolute atomic E-state index is 0.685. The van der Waals surface area contributed by atoms with Crippen LogP contribution in [0, 0.1) is 0 Å². The van der Waals surface area contributed by atoms with Gasteiger partial charge in [0.15, 0.2) is 0 Å². The molecule has 1 aromatic carbocycles. The third kappa shape index (κ3) is 2.58. The lowest BCUT2D eigenvalue weighted by Gasteiger charge is -2.29. The van der Waals surface area contributed by atoms with Gasteiger partial charge in [-0.2, -0.15) is 0 Å². The topological polar surface area (TPSA) is 42.2 Å². The first kappa shape index (κ1) is 13.2. The van der Waals surface area contributed by atoms with Crippen LogP contribution in [0.4, 0.5) is 11.5 Å². The van der Waals surface area contributed by atoms with Gasteiger partial charge in [0.25, 0.3) is 0 Å². The number of rotatable bonds is 3. The minimum Gasteiger partial charge on any atom is -0.383 e. The van der Waals surface area contributed by atoms with Crippen molar-refractivity contribution in [3.8, 4) is 0 Å². The van der Waals surface area contributed by atoms with Crippen LogP contribution in [0.5, 0.6) is 0 Å². The van der Waals surface area contributed by atoms with E-state index in [2.05, 4.69) is 41.1 Å². The van der Waals surface area contributed by atoms with Gasteiger partial charge >= 0.3 is 0 Å². The number of hydrogen-bond acceptors (Lipinski definition) is 3. The Bertz CT molecular complexity index is 600. The summed E-state index contributed by atoms with van der Waals surface area (Å²) in [5.74, 6) is 0.685. The van der Waals surface area contributed by atoms with Crippen molar-refractivity contribution in [2.24, 2.45) is 0 Å². The zero-order valence-electron chi connectivity index (χ0n) is 12.2. The highest BCUT2D eigenvalue weighted by Gasteiger charge is 2.12. The predicted molar refractivity (Wildman–Crippen MR) is 86.2 cm³/mol. The maximum atomic E-state index is 6.03. The quantitative estimate of drug-likeness (QED) is 0.922. The molecular weight excluding hydrogens is 246 g/mol. The monoisotopic (exact) mass is 269 g/mol. The molecule has 1 aromatic heterocycles. The average molecular weight is 269 g/mol. The smallest absolute Gasteiger partial charge is 0.127 e. The third-order valence-corrected chi connectivity index (χ3v) is 4.15. The Kier molecular flexibility index (Phi) is 3.77. The van der Waals surface area contributed by atoms with Crippen molar-refractivity contribution in [3.05, 3.63) is 29.8 Å². The molecule has 106 valence electrons. The van der Waals surface area contributed by atoms with Crippen LogP contribution in [0.2, 0.25) is 0 Å². The van der Waals surface area contributed by atoms with E-state index in [0.29, 0.717) is 5.82 Å². The Morgan fingerprint density at radius 2 is 1.95 bits per heavy atom. The van der Waals surface area contributed by atoms with E-state index >= 15 is 0 Å². The number of aromatic nitrogens is 1. The summed E-state index contributed by atoms with van der Waals surface area (Å²) in [6.07, 6.45) is 6.08. The lowest BCUT2D eigenvalue weighted by atomic mass is 10.1. The number of anilines is 2. The first-order chi connectivity index (χ1) is 9.78. The zero-order valence-corrected chi connectivity index (χ0v) is 12.2. The van der Waals surface area contributed by atoms with Crippen molar-refractivity contribution < 1.29 is 0 Å². The van der Waals surface area contributed by atoms with Crippen LogP contribution >= 0.6 is 0 Å². The molecule has 20 heavy (non-hydrogen) atoms. The summed E-state index contributed by atoms with van der Waals surface area (Å²) in [6.45, 7) is 4.53. The third-order valence-electron chi connectivity index (χ3n) is 4.15. The van der Waals surface area contributed by atoms with Gasteiger partial charge in [-0.15, -0.1) is 0 Å². The molecule has 1 aliphatic rings. The molecule has 0 saturated carbocycles. The molecule has 1 fully saturated rings. The van der Waals surface area contributed by atoms with Crippen molar-refractivity contribution in [2.75, 3.05) is 23.7 Å². The van der Waals surface area contributed by atoms with Gasteiger partial charge in [0.1, 0.15) is 5.82 Å². The summed E-state index contributed by atoms with van der Waals surface area (Å²) in [5.41, 5.74) is 9.54. The van der Waals surface area contributed by atoms with Crippen LogP contribution in [0.25, 0.3) is 10.9 Å². The highest BCUT2D eigenvalue weighted by atomic mass is 15.1. The van der Waals surface area contributed by atoms with Crippen LogP contribution in [0.3, 0.4) is 0 Å². The highest BCUT2D eigenvalue weighted by molar-refractivity contribution is 5.85. The van der Waals surface area contributed by atoms with Crippen LogP contribution in [0.15, 0.2) is 24.3 Å². The molecule has 0 spiro atoms. The second-order valence-corrected chi connectivity index (χ2v) is 5.71. The Morgan fingerprint density at radius 1 is 1.15 bits per heavy atom. The second kappa shape index (κ2) is 5.70. The number of aryl methyl sites for hydroxylation is 1. The van der Waals surface area contributed by atoms with E-state index < -0.39 is 0 Å². The number of nitrogens with two attached hydrogens (primary N) is 1. The lowest BCUT2D eigenvalue weighted by molar-refractivity contribution is 0.578. The largest absolute Gasteiger partial charge is 0.383 e. The summed E-state index contributed by atoms with van der Waals surface area (Å²) >= 11 is 0. The number of benzene rings is 1. The Morgan fingerprint density at radius 3 is 2.70 bits per heavy atom. The van der Waals surface area contributed by atoms with Crippen molar-refractivity contribution in [3.63, 3.8) is 0 Å². The molecule has 0 unspecified atom stereocenters. The van der Waals surface area contributed by atoms with Crippen LogP contribution < -0.4 is 10.6 Å².